The van der Waals surface area contributed by atoms with Gasteiger partial charge in [0.25, 0.3) is 0 Å². The minimum atomic E-state index is 0.688. The Morgan fingerprint density at radius 2 is 2.00 bits per heavy atom. The minimum absolute atomic E-state index is 0.688. The van der Waals surface area contributed by atoms with Gasteiger partial charge in [0.15, 0.2) is 0 Å². The Morgan fingerprint density at radius 1 is 1.15 bits per heavy atom. The molecule has 0 aliphatic carbocycles. The molecule has 2 aromatic rings. The Kier molecular flexibility index (Phi) is 4.34. The Balaban J connectivity index is 1.84. The number of benzene rings is 2. The van der Waals surface area contributed by atoms with Gasteiger partial charge in [-0.2, -0.15) is 0 Å². The van der Waals surface area contributed by atoms with Gasteiger partial charge < -0.3 is 5.32 Å². The summed E-state index contributed by atoms with van der Waals surface area (Å²) in [6.07, 6.45) is 2.55. The summed E-state index contributed by atoms with van der Waals surface area (Å²) in [5.41, 5.74) is 1.46. The lowest BCUT2D eigenvalue weighted by Gasteiger charge is -2.36. The third kappa shape index (κ3) is 2.87. The van der Waals surface area contributed by atoms with Gasteiger partial charge in [0.2, 0.25) is 0 Å². The van der Waals surface area contributed by atoms with Crippen molar-refractivity contribution < 1.29 is 0 Å². The summed E-state index contributed by atoms with van der Waals surface area (Å²) in [4.78, 5) is 2.65. The van der Waals surface area contributed by atoms with Crippen molar-refractivity contribution in [3.63, 3.8) is 0 Å². The van der Waals surface area contributed by atoms with Crippen LogP contribution >= 0.6 is 0 Å². The first-order valence-corrected chi connectivity index (χ1v) is 7.80. The van der Waals surface area contributed by atoms with E-state index in [1.165, 1.54) is 29.2 Å². The second kappa shape index (κ2) is 6.38. The summed E-state index contributed by atoms with van der Waals surface area (Å²) in [6.45, 7) is 6.77. The van der Waals surface area contributed by atoms with Crippen LogP contribution in [0.4, 0.5) is 0 Å². The van der Waals surface area contributed by atoms with Crippen molar-refractivity contribution in [2.45, 2.75) is 32.4 Å². The third-order valence-corrected chi connectivity index (χ3v) is 4.35. The zero-order chi connectivity index (χ0) is 13.8. The molecule has 2 nitrogen and oxygen atoms in total. The van der Waals surface area contributed by atoms with Gasteiger partial charge >= 0.3 is 0 Å². The maximum atomic E-state index is 3.53. The van der Waals surface area contributed by atoms with E-state index in [0.29, 0.717) is 6.04 Å². The lowest BCUT2D eigenvalue weighted by atomic mass is 10.0. The predicted molar refractivity (Wildman–Crippen MR) is 85.9 cm³/mol. The van der Waals surface area contributed by atoms with Crippen molar-refractivity contribution in [3.8, 4) is 0 Å². The van der Waals surface area contributed by atoms with E-state index in [1.807, 2.05) is 0 Å². The molecular weight excluding hydrogens is 244 g/mol. The summed E-state index contributed by atoms with van der Waals surface area (Å²) in [5, 5.41) is 6.29. The van der Waals surface area contributed by atoms with Gasteiger partial charge in [-0.15, -0.1) is 0 Å². The average Bonchev–Trinajstić information content (AvgIpc) is 2.50. The van der Waals surface area contributed by atoms with E-state index in [9.17, 15) is 0 Å². The SMILES string of the molecule is CCCC1CNCCN1Cc1cccc2ccccc12. The molecule has 1 fully saturated rings. The molecule has 2 heteroatoms. The lowest BCUT2D eigenvalue weighted by molar-refractivity contribution is 0.145. The average molecular weight is 268 g/mol. The van der Waals surface area contributed by atoms with Crippen molar-refractivity contribution in [1.82, 2.24) is 10.2 Å². The first kappa shape index (κ1) is 13.6. The van der Waals surface area contributed by atoms with Gasteiger partial charge in [-0.3, -0.25) is 4.90 Å². The number of nitrogens with one attached hydrogen (secondary N) is 1. The second-order valence-electron chi connectivity index (χ2n) is 5.76. The van der Waals surface area contributed by atoms with E-state index in [-0.39, 0.29) is 0 Å². The lowest BCUT2D eigenvalue weighted by Crippen LogP contribution is -2.50. The van der Waals surface area contributed by atoms with Crippen LogP contribution in [0, 0.1) is 0 Å². The highest BCUT2D eigenvalue weighted by Crippen LogP contribution is 2.22. The quantitative estimate of drug-likeness (QED) is 0.914. The normalized spacial score (nSPS) is 20.4. The summed E-state index contributed by atoms with van der Waals surface area (Å²) in [5.74, 6) is 0. The molecule has 3 rings (SSSR count). The topological polar surface area (TPSA) is 15.3 Å². The predicted octanol–water partition coefficient (Wildman–Crippen LogP) is 3.41. The van der Waals surface area contributed by atoms with Crippen molar-refractivity contribution >= 4 is 10.8 Å². The standard InChI is InChI=1S/C18H24N2/c1-2-6-17-13-19-11-12-20(17)14-16-9-5-8-15-7-3-4-10-18(15)16/h3-5,7-10,17,19H,2,6,11-14H2,1H3. The minimum Gasteiger partial charge on any atom is -0.314 e. The summed E-state index contributed by atoms with van der Waals surface area (Å²) >= 11 is 0. The molecule has 1 aliphatic rings. The highest BCUT2D eigenvalue weighted by atomic mass is 15.2. The van der Waals surface area contributed by atoms with E-state index >= 15 is 0 Å². The zero-order valence-corrected chi connectivity index (χ0v) is 12.3. The number of hydrogen-bond donors (Lipinski definition) is 1. The molecule has 0 bridgehead atoms. The molecule has 1 N–H and O–H groups in total. The van der Waals surface area contributed by atoms with Crippen LogP contribution in [0.2, 0.25) is 0 Å². The highest BCUT2D eigenvalue weighted by Gasteiger charge is 2.21. The molecule has 1 heterocycles. The van der Waals surface area contributed by atoms with Crippen molar-refractivity contribution in [1.29, 1.82) is 0 Å². The van der Waals surface area contributed by atoms with Gasteiger partial charge in [-0.25, -0.2) is 0 Å². The third-order valence-electron chi connectivity index (χ3n) is 4.35. The van der Waals surface area contributed by atoms with Gasteiger partial charge in [0, 0.05) is 32.2 Å². The van der Waals surface area contributed by atoms with Crippen molar-refractivity contribution in [3.05, 3.63) is 48.0 Å². The van der Waals surface area contributed by atoms with Crippen LogP contribution in [0.5, 0.6) is 0 Å². The Bertz CT molecular complexity index is 557. The van der Waals surface area contributed by atoms with Gasteiger partial charge in [-0.05, 0) is 22.8 Å². The Labute approximate surface area is 121 Å². The fraction of sp³-hybridized carbons (Fsp3) is 0.444. The molecule has 0 saturated carbocycles. The fourth-order valence-electron chi connectivity index (χ4n) is 3.28. The molecule has 2 aromatic carbocycles. The molecule has 1 atom stereocenters. The van der Waals surface area contributed by atoms with E-state index < -0.39 is 0 Å². The number of piperazine rings is 1. The fourth-order valence-corrected chi connectivity index (χ4v) is 3.28. The van der Waals surface area contributed by atoms with Crippen LogP contribution in [-0.2, 0) is 6.54 Å². The summed E-state index contributed by atoms with van der Waals surface area (Å²) in [6, 6.07) is 16.1. The van der Waals surface area contributed by atoms with Gasteiger partial charge in [0.05, 0.1) is 0 Å². The Hall–Kier alpha value is -1.38. The van der Waals surface area contributed by atoms with Crippen molar-refractivity contribution in [2.24, 2.45) is 0 Å². The molecule has 1 saturated heterocycles. The van der Waals surface area contributed by atoms with E-state index in [4.69, 9.17) is 0 Å². The van der Waals surface area contributed by atoms with E-state index in [2.05, 4.69) is 59.6 Å². The Morgan fingerprint density at radius 3 is 2.90 bits per heavy atom. The molecule has 0 radical (unpaired) electrons. The van der Waals surface area contributed by atoms with Crippen LogP contribution in [-0.4, -0.2) is 30.6 Å². The second-order valence-corrected chi connectivity index (χ2v) is 5.76. The molecule has 1 unspecified atom stereocenters. The molecule has 1 aliphatic heterocycles. The van der Waals surface area contributed by atoms with Gasteiger partial charge in [0.1, 0.15) is 0 Å². The number of fused-ring (bicyclic) bond motifs is 1. The highest BCUT2D eigenvalue weighted by molar-refractivity contribution is 5.85. The molecule has 0 aromatic heterocycles. The van der Waals surface area contributed by atoms with Crippen LogP contribution in [0.1, 0.15) is 25.3 Å². The first-order chi connectivity index (χ1) is 9.88. The van der Waals surface area contributed by atoms with Crippen molar-refractivity contribution in [2.75, 3.05) is 19.6 Å². The van der Waals surface area contributed by atoms with Crippen LogP contribution < -0.4 is 5.32 Å². The van der Waals surface area contributed by atoms with E-state index in [0.717, 1.165) is 26.2 Å². The smallest absolute Gasteiger partial charge is 0.0243 e. The number of rotatable bonds is 4. The monoisotopic (exact) mass is 268 g/mol. The summed E-state index contributed by atoms with van der Waals surface area (Å²) < 4.78 is 0. The maximum absolute atomic E-state index is 3.53. The van der Waals surface area contributed by atoms with E-state index in [1.54, 1.807) is 0 Å². The largest absolute Gasteiger partial charge is 0.314 e. The van der Waals surface area contributed by atoms with Crippen LogP contribution in [0.15, 0.2) is 42.5 Å². The zero-order valence-electron chi connectivity index (χ0n) is 12.3. The molecule has 20 heavy (non-hydrogen) atoms. The summed E-state index contributed by atoms with van der Waals surface area (Å²) in [7, 11) is 0. The van der Waals surface area contributed by atoms with Crippen LogP contribution in [0.25, 0.3) is 10.8 Å². The maximum Gasteiger partial charge on any atom is 0.0243 e. The molecule has 106 valence electrons. The number of nitrogens with zero attached hydrogens (tertiary/aromatic N) is 1. The number of hydrogen-bond acceptors (Lipinski definition) is 2. The van der Waals surface area contributed by atoms with Gasteiger partial charge in [-0.1, -0.05) is 55.8 Å². The molecular formula is C18H24N2. The first-order valence-electron chi connectivity index (χ1n) is 7.80. The molecule has 0 spiro atoms. The van der Waals surface area contributed by atoms with Crippen LogP contribution in [0.3, 0.4) is 0 Å². The molecule has 0 amide bonds.